The highest BCUT2D eigenvalue weighted by Crippen LogP contribution is 2.16. The molecule has 0 saturated heterocycles. The van der Waals surface area contributed by atoms with E-state index in [0.717, 1.165) is 5.82 Å². The van der Waals surface area contributed by atoms with Crippen molar-refractivity contribution < 1.29 is 4.79 Å². The Morgan fingerprint density at radius 1 is 1.26 bits per heavy atom. The van der Waals surface area contributed by atoms with Crippen LogP contribution in [0.5, 0.6) is 0 Å². The number of nitrogens with one attached hydrogen (secondary N) is 1. The molecule has 0 aliphatic carbocycles. The largest absolute Gasteiger partial charge is 0.363 e. The molecule has 2 aromatic heterocycles. The first-order chi connectivity index (χ1) is 9.08. The topological polar surface area (TPSA) is 58.1 Å². The first-order valence-electron chi connectivity index (χ1n) is 5.63. The summed E-state index contributed by atoms with van der Waals surface area (Å²) in [4.78, 5) is 22.2. The van der Waals surface area contributed by atoms with Gasteiger partial charge < -0.3 is 10.2 Å². The third kappa shape index (κ3) is 3.29. The van der Waals surface area contributed by atoms with Gasteiger partial charge in [0.25, 0.3) is 5.91 Å². The van der Waals surface area contributed by atoms with Crippen molar-refractivity contribution in [2.24, 2.45) is 0 Å². The Bertz CT molecular complexity index is 583. The minimum Gasteiger partial charge on any atom is -0.363 e. The molecule has 2 aromatic rings. The molecule has 0 fully saturated rings. The normalized spacial score (nSPS) is 10.1. The molecule has 19 heavy (non-hydrogen) atoms. The van der Waals surface area contributed by atoms with E-state index in [-0.39, 0.29) is 5.91 Å². The lowest BCUT2D eigenvalue weighted by Crippen LogP contribution is -2.15. The summed E-state index contributed by atoms with van der Waals surface area (Å²) in [6.45, 7) is 0. The van der Waals surface area contributed by atoms with Crippen LogP contribution in [0.15, 0.2) is 41.1 Å². The number of rotatable bonds is 3. The molecule has 0 aliphatic heterocycles. The summed E-state index contributed by atoms with van der Waals surface area (Å²) in [6, 6.07) is 7.17. The van der Waals surface area contributed by atoms with Crippen molar-refractivity contribution in [1.29, 1.82) is 0 Å². The fourth-order valence-corrected chi connectivity index (χ4v) is 1.90. The Morgan fingerprint density at radius 3 is 2.63 bits per heavy atom. The van der Waals surface area contributed by atoms with Crippen LogP contribution in [0.4, 0.5) is 11.5 Å². The number of pyridine rings is 2. The summed E-state index contributed by atoms with van der Waals surface area (Å²) in [6.07, 6.45) is 3.19. The number of hydrogen-bond donors (Lipinski definition) is 1. The van der Waals surface area contributed by atoms with Crippen LogP contribution in [0.1, 0.15) is 10.5 Å². The molecule has 0 aliphatic rings. The molecule has 2 rings (SSSR count). The van der Waals surface area contributed by atoms with Gasteiger partial charge in [0.15, 0.2) is 0 Å². The number of carbonyl (C=O) groups is 1. The predicted molar refractivity (Wildman–Crippen MR) is 78.5 cm³/mol. The highest BCUT2D eigenvalue weighted by molar-refractivity contribution is 9.10. The molecular weight excluding hydrogens is 308 g/mol. The number of nitrogens with zero attached hydrogens (tertiary/aromatic N) is 3. The van der Waals surface area contributed by atoms with Crippen LogP contribution in [0.25, 0.3) is 0 Å². The van der Waals surface area contributed by atoms with Gasteiger partial charge in [-0.25, -0.2) is 9.97 Å². The minimum atomic E-state index is -0.271. The summed E-state index contributed by atoms with van der Waals surface area (Å²) >= 11 is 3.30. The van der Waals surface area contributed by atoms with Crippen LogP contribution in [0.3, 0.4) is 0 Å². The van der Waals surface area contributed by atoms with Gasteiger partial charge in [0, 0.05) is 24.8 Å². The second kappa shape index (κ2) is 5.79. The molecule has 6 heteroatoms. The van der Waals surface area contributed by atoms with E-state index in [4.69, 9.17) is 0 Å². The summed E-state index contributed by atoms with van der Waals surface area (Å²) in [5.41, 5.74) is 0.979. The lowest BCUT2D eigenvalue weighted by atomic mass is 10.3. The Labute approximate surface area is 119 Å². The van der Waals surface area contributed by atoms with Gasteiger partial charge in [0.2, 0.25) is 0 Å². The number of hydrogen-bond acceptors (Lipinski definition) is 4. The van der Waals surface area contributed by atoms with E-state index in [1.807, 2.05) is 25.1 Å². The number of anilines is 2. The van der Waals surface area contributed by atoms with Crippen LogP contribution < -0.4 is 10.2 Å². The van der Waals surface area contributed by atoms with Crippen molar-refractivity contribution in [3.05, 3.63) is 46.8 Å². The maximum Gasteiger partial charge on any atom is 0.275 e. The zero-order valence-corrected chi connectivity index (χ0v) is 12.2. The molecule has 0 radical (unpaired) electrons. The standard InChI is InChI=1S/C13H13BrN4O/c1-18(2)11-6-5-9(8-16-11)17-13(19)12-10(14)4-3-7-15-12/h3-8H,1-2H3,(H,17,19). The lowest BCUT2D eigenvalue weighted by molar-refractivity contribution is 0.102. The quantitative estimate of drug-likeness (QED) is 0.944. The molecule has 0 atom stereocenters. The van der Waals surface area contributed by atoms with Crippen LogP contribution in [-0.2, 0) is 0 Å². The second-order valence-electron chi connectivity index (χ2n) is 4.09. The van der Waals surface area contributed by atoms with E-state index in [9.17, 15) is 4.79 Å². The zero-order chi connectivity index (χ0) is 13.8. The number of amides is 1. The maximum absolute atomic E-state index is 12.0. The van der Waals surface area contributed by atoms with Gasteiger partial charge in [-0.3, -0.25) is 4.79 Å². The van der Waals surface area contributed by atoms with Crippen molar-refractivity contribution >= 4 is 33.3 Å². The van der Waals surface area contributed by atoms with E-state index in [1.165, 1.54) is 0 Å². The molecule has 0 saturated carbocycles. The van der Waals surface area contributed by atoms with Gasteiger partial charge in [-0.05, 0) is 40.2 Å². The number of aromatic nitrogens is 2. The highest BCUT2D eigenvalue weighted by atomic mass is 79.9. The molecule has 2 heterocycles. The second-order valence-corrected chi connectivity index (χ2v) is 4.94. The van der Waals surface area contributed by atoms with Crippen LogP contribution in [0, 0.1) is 0 Å². The Hall–Kier alpha value is -1.95. The van der Waals surface area contributed by atoms with Gasteiger partial charge in [-0.1, -0.05) is 0 Å². The van der Waals surface area contributed by atoms with E-state index in [1.54, 1.807) is 30.6 Å². The Balaban J connectivity index is 2.13. The summed E-state index contributed by atoms with van der Waals surface area (Å²) in [7, 11) is 3.82. The minimum absolute atomic E-state index is 0.271. The monoisotopic (exact) mass is 320 g/mol. The molecule has 1 amide bonds. The number of carbonyl (C=O) groups excluding carboxylic acids is 1. The van der Waals surface area contributed by atoms with Crippen LogP contribution in [0.2, 0.25) is 0 Å². The predicted octanol–water partition coefficient (Wildman–Crippen LogP) is 2.56. The fraction of sp³-hybridized carbons (Fsp3) is 0.154. The van der Waals surface area contributed by atoms with Crippen molar-refractivity contribution in [2.75, 3.05) is 24.3 Å². The first-order valence-corrected chi connectivity index (χ1v) is 6.42. The van der Waals surface area contributed by atoms with E-state index in [0.29, 0.717) is 15.9 Å². The van der Waals surface area contributed by atoms with Crippen molar-refractivity contribution in [3.63, 3.8) is 0 Å². The average Bonchev–Trinajstić information content (AvgIpc) is 2.39. The maximum atomic E-state index is 12.0. The smallest absolute Gasteiger partial charge is 0.275 e. The first kappa shape index (κ1) is 13.5. The highest BCUT2D eigenvalue weighted by Gasteiger charge is 2.11. The van der Waals surface area contributed by atoms with Gasteiger partial charge in [0.1, 0.15) is 11.5 Å². The molecule has 1 N–H and O–H groups in total. The van der Waals surface area contributed by atoms with Gasteiger partial charge in [-0.15, -0.1) is 0 Å². The SMILES string of the molecule is CN(C)c1ccc(NC(=O)c2ncccc2Br)cn1. The summed E-state index contributed by atoms with van der Waals surface area (Å²) in [5.74, 6) is 0.559. The van der Waals surface area contributed by atoms with E-state index in [2.05, 4.69) is 31.2 Å². The molecule has 0 unspecified atom stereocenters. The van der Waals surface area contributed by atoms with Crippen LogP contribution in [-0.4, -0.2) is 30.0 Å². The molecule has 5 nitrogen and oxygen atoms in total. The molecular formula is C13H13BrN4O. The third-order valence-electron chi connectivity index (χ3n) is 2.44. The Morgan fingerprint density at radius 2 is 2.05 bits per heavy atom. The average molecular weight is 321 g/mol. The van der Waals surface area contributed by atoms with E-state index < -0.39 is 0 Å². The molecule has 0 spiro atoms. The molecule has 0 bridgehead atoms. The van der Waals surface area contributed by atoms with Crippen molar-refractivity contribution in [2.45, 2.75) is 0 Å². The van der Waals surface area contributed by atoms with Crippen LogP contribution >= 0.6 is 15.9 Å². The zero-order valence-electron chi connectivity index (χ0n) is 10.6. The summed E-state index contributed by atoms with van der Waals surface area (Å²) < 4.78 is 0.658. The lowest BCUT2D eigenvalue weighted by Gasteiger charge is -2.11. The van der Waals surface area contributed by atoms with Gasteiger partial charge in [-0.2, -0.15) is 0 Å². The third-order valence-corrected chi connectivity index (χ3v) is 3.08. The van der Waals surface area contributed by atoms with Gasteiger partial charge in [0.05, 0.1) is 11.9 Å². The van der Waals surface area contributed by atoms with E-state index >= 15 is 0 Å². The Kier molecular flexibility index (Phi) is 4.11. The number of halogens is 1. The van der Waals surface area contributed by atoms with Gasteiger partial charge >= 0.3 is 0 Å². The summed E-state index contributed by atoms with van der Waals surface area (Å²) in [5, 5.41) is 2.75. The van der Waals surface area contributed by atoms with Crippen molar-refractivity contribution in [3.8, 4) is 0 Å². The fourth-order valence-electron chi connectivity index (χ4n) is 1.47. The van der Waals surface area contributed by atoms with Crippen molar-refractivity contribution in [1.82, 2.24) is 9.97 Å². The molecule has 0 aromatic carbocycles. The molecule has 98 valence electrons.